The third-order valence-electron chi connectivity index (χ3n) is 6.95. The van der Waals surface area contributed by atoms with Crippen molar-refractivity contribution in [1.82, 2.24) is 14.1 Å². The summed E-state index contributed by atoms with van der Waals surface area (Å²) < 4.78 is 5.92. The van der Waals surface area contributed by atoms with Crippen LogP contribution in [-0.4, -0.2) is 14.1 Å². The molecule has 0 spiro atoms. The van der Waals surface area contributed by atoms with Crippen LogP contribution in [0.1, 0.15) is 0 Å². The van der Waals surface area contributed by atoms with Gasteiger partial charge in [0, 0.05) is 27.2 Å². The zero-order valence-electron chi connectivity index (χ0n) is 18.7. The Morgan fingerprint density at radius 1 is 0.486 bits per heavy atom. The van der Waals surface area contributed by atoms with Gasteiger partial charge in [-0.3, -0.25) is 4.57 Å². The first-order chi connectivity index (χ1) is 17.4. The molecule has 4 heteroatoms. The van der Waals surface area contributed by atoms with E-state index in [1.165, 1.54) is 54.0 Å². The van der Waals surface area contributed by atoms with Gasteiger partial charge in [0.2, 0.25) is 0 Å². The summed E-state index contributed by atoms with van der Waals surface area (Å²) in [5.74, 6) is 0. The van der Waals surface area contributed by atoms with Crippen molar-refractivity contribution in [2.24, 2.45) is 0 Å². The van der Waals surface area contributed by atoms with Gasteiger partial charge in [-0.05, 0) is 48.5 Å². The van der Waals surface area contributed by atoms with E-state index in [2.05, 4.69) is 124 Å². The minimum atomic E-state index is 0.999. The molecule has 0 radical (unpaired) electrons. The number of aromatic nitrogens is 3. The Labute approximate surface area is 205 Å². The van der Waals surface area contributed by atoms with Crippen LogP contribution in [-0.2, 0) is 0 Å². The SMILES string of the molecule is c1ccc(-n2c3ccccc3c3cc4c5ccccc5n(-c5nc6ccccc6s5)c4cc32)cc1. The molecule has 0 aliphatic carbocycles. The largest absolute Gasteiger partial charge is 0.309 e. The number of rotatable bonds is 2. The summed E-state index contributed by atoms with van der Waals surface area (Å²) in [6.45, 7) is 0. The number of hydrogen-bond donors (Lipinski definition) is 0. The summed E-state index contributed by atoms with van der Waals surface area (Å²) in [7, 11) is 0. The summed E-state index contributed by atoms with van der Waals surface area (Å²) >= 11 is 1.74. The van der Waals surface area contributed by atoms with E-state index >= 15 is 0 Å². The number of para-hydroxylation sites is 4. The molecule has 0 aliphatic heterocycles. The average molecular weight is 466 g/mol. The first-order valence-corrected chi connectivity index (χ1v) is 12.6. The van der Waals surface area contributed by atoms with Crippen LogP contribution >= 0.6 is 11.3 Å². The Kier molecular flexibility index (Phi) is 3.82. The van der Waals surface area contributed by atoms with Crippen LogP contribution in [0, 0.1) is 0 Å². The Morgan fingerprint density at radius 2 is 1.09 bits per heavy atom. The van der Waals surface area contributed by atoms with E-state index in [1.807, 2.05) is 0 Å². The summed E-state index contributed by atoms with van der Waals surface area (Å²) in [6.07, 6.45) is 0. The van der Waals surface area contributed by atoms with Gasteiger partial charge >= 0.3 is 0 Å². The summed E-state index contributed by atoms with van der Waals surface area (Å²) in [6, 6.07) is 41.1. The van der Waals surface area contributed by atoms with Gasteiger partial charge in [-0.2, -0.15) is 0 Å². The maximum absolute atomic E-state index is 5.03. The molecular weight excluding hydrogens is 446 g/mol. The van der Waals surface area contributed by atoms with Gasteiger partial charge in [-0.1, -0.05) is 78.1 Å². The fourth-order valence-electron chi connectivity index (χ4n) is 5.45. The van der Waals surface area contributed by atoms with Crippen LogP contribution in [0.15, 0.2) is 115 Å². The van der Waals surface area contributed by atoms with Crippen molar-refractivity contribution < 1.29 is 0 Å². The minimum Gasteiger partial charge on any atom is -0.309 e. The summed E-state index contributed by atoms with van der Waals surface area (Å²) in [4.78, 5) is 5.03. The molecule has 3 heterocycles. The predicted octanol–water partition coefficient (Wildman–Crippen LogP) is 8.49. The van der Waals surface area contributed by atoms with Crippen molar-refractivity contribution in [2.45, 2.75) is 0 Å². The predicted molar refractivity (Wildman–Crippen MR) is 148 cm³/mol. The fourth-order valence-corrected chi connectivity index (χ4v) is 6.44. The third kappa shape index (κ3) is 2.63. The highest BCUT2D eigenvalue weighted by Crippen LogP contribution is 2.40. The highest BCUT2D eigenvalue weighted by molar-refractivity contribution is 7.20. The first-order valence-electron chi connectivity index (χ1n) is 11.7. The lowest BCUT2D eigenvalue weighted by atomic mass is 10.1. The molecule has 0 atom stereocenters. The van der Waals surface area contributed by atoms with Crippen molar-refractivity contribution >= 4 is 65.2 Å². The highest BCUT2D eigenvalue weighted by Gasteiger charge is 2.19. The molecule has 0 unspecified atom stereocenters. The van der Waals surface area contributed by atoms with Gasteiger partial charge in [-0.25, -0.2) is 4.98 Å². The molecule has 8 rings (SSSR count). The van der Waals surface area contributed by atoms with Crippen LogP contribution in [0.4, 0.5) is 0 Å². The first kappa shape index (κ1) is 19.0. The van der Waals surface area contributed by atoms with Crippen LogP contribution in [0.25, 0.3) is 64.6 Å². The average Bonchev–Trinajstić information content (AvgIpc) is 3.57. The second kappa shape index (κ2) is 7.05. The molecule has 3 nitrogen and oxygen atoms in total. The van der Waals surface area contributed by atoms with Crippen molar-refractivity contribution in [3.63, 3.8) is 0 Å². The number of thiazole rings is 1. The summed E-state index contributed by atoms with van der Waals surface area (Å²) in [5.41, 5.74) is 6.99. The van der Waals surface area contributed by atoms with Gasteiger partial charge in [0.15, 0.2) is 5.13 Å². The van der Waals surface area contributed by atoms with Crippen molar-refractivity contribution in [2.75, 3.05) is 0 Å². The molecule has 0 aliphatic rings. The number of benzene rings is 5. The molecule has 0 fully saturated rings. The van der Waals surface area contributed by atoms with Gasteiger partial charge in [0.1, 0.15) is 0 Å². The Bertz CT molecular complexity index is 2030. The molecule has 0 N–H and O–H groups in total. The Hall–Kier alpha value is -4.41. The lowest BCUT2D eigenvalue weighted by Crippen LogP contribution is -1.95. The number of nitrogens with zero attached hydrogens (tertiary/aromatic N) is 3. The molecule has 8 aromatic rings. The van der Waals surface area contributed by atoms with Crippen LogP contribution in [0.5, 0.6) is 0 Å². The zero-order valence-corrected chi connectivity index (χ0v) is 19.5. The van der Waals surface area contributed by atoms with Crippen LogP contribution < -0.4 is 0 Å². The molecule has 3 aromatic heterocycles. The maximum atomic E-state index is 5.03. The smallest absolute Gasteiger partial charge is 0.195 e. The second-order valence-electron chi connectivity index (χ2n) is 8.89. The molecule has 35 heavy (non-hydrogen) atoms. The van der Waals surface area contributed by atoms with E-state index in [1.54, 1.807) is 11.3 Å². The minimum absolute atomic E-state index is 0.999. The molecule has 0 bridgehead atoms. The highest BCUT2D eigenvalue weighted by atomic mass is 32.1. The zero-order chi connectivity index (χ0) is 22.9. The van der Waals surface area contributed by atoms with Crippen molar-refractivity contribution in [3.8, 4) is 10.8 Å². The topological polar surface area (TPSA) is 22.8 Å². The van der Waals surface area contributed by atoms with Crippen LogP contribution in [0.2, 0.25) is 0 Å². The Balaban J connectivity index is 1.57. The molecule has 0 amide bonds. The standard InChI is InChI=1S/C31H19N3S/c1-2-10-20(11-3-1)33-26-15-7-4-12-21(26)23-18-24-22-13-5-8-16-27(22)34(29(24)19-28(23)33)31-32-25-14-6-9-17-30(25)35-31/h1-19H. The number of fused-ring (bicyclic) bond motifs is 7. The van der Waals surface area contributed by atoms with E-state index < -0.39 is 0 Å². The lowest BCUT2D eigenvalue weighted by Gasteiger charge is -2.08. The van der Waals surface area contributed by atoms with Gasteiger partial charge in [-0.15, -0.1) is 0 Å². The molecule has 5 aromatic carbocycles. The quantitative estimate of drug-likeness (QED) is 0.251. The van der Waals surface area contributed by atoms with Gasteiger partial charge in [0.25, 0.3) is 0 Å². The van der Waals surface area contributed by atoms with Gasteiger partial charge < -0.3 is 4.57 Å². The molecule has 164 valence electrons. The maximum Gasteiger partial charge on any atom is 0.195 e. The van der Waals surface area contributed by atoms with E-state index in [-0.39, 0.29) is 0 Å². The van der Waals surface area contributed by atoms with E-state index in [9.17, 15) is 0 Å². The number of hydrogen-bond acceptors (Lipinski definition) is 2. The normalized spacial score (nSPS) is 12.0. The van der Waals surface area contributed by atoms with Crippen molar-refractivity contribution in [3.05, 3.63) is 115 Å². The second-order valence-corrected chi connectivity index (χ2v) is 9.90. The van der Waals surface area contributed by atoms with Crippen LogP contribution in [0.3, 0.4) is 0 Å². The lowest BCUT2D eigenvalue weighted by molar-refractivity contribution is 1.14. The fraction of sp³-hybridized carbons (Fsp3) is 0. The monoisotopic (exact) mass is 465 g/mol. The molecular formula is C31H19N3S. The molecule has 0 saturated heterocycles. The van der Waals surface area contributed by atoms with Crippen molar-refractivity contribution in [1.29, 1.82) is 0 Å². The Morgan fingerprint density at radius 3 is 1.83 bits per heavy atom. The van der Waals surface area contributed by atoms with E-state index in [0.717, 1.165) is 10.6 Å². The van der Waals surface area contributed by atoms with E-state index in [0.29, 0.717) is 0 Å². The molecule has 0 saturated carbocycles. The van der Waals surface area contributed by atoms with Gasteiger partial charge in [0.05, 0.1) is 32.3 Å². The third-order valence-corrected chi connectivity index (χ3v) is 7.98. The summed E-state index contributed by atoms with van der Waals surface area (Å²) in [5, 5.41) is 6.04. The van der Waals surface area contributed by atoms with E-state index in [4.69, 9.17) is 4.98 Å².